The standard InChI is InChI=1S/C26H24ClNO6/c1-15-10-25(31)33-22-11-17(3-4-18(15)22)32-14-24(30)28-7-5-26(6-8-28)13-21(29)19-12-20(27)16(2)9-23(19)34-26/h3-4,9-12H,5-8,13-14H2,1-2H3. The number of carbonyl (C=O) groups excluding carboxylic acids is 2. The van der Waals surface area contributed by atoms with Gasteiger partial charge in [-0.2, -0.15) is 0 Å². The van der Waals surface area contributed by atoms with Gasteiger partial charge in [0.15, 0.2) is 12.4 Å². The summed E-state index contributed by atoms with van der Waals surface area (Å²) in [5, 5.41) is 1.37. The summed E-state index contributed by atoms with van der Waals surface area (Å²) in [6.07, 6.45) is 1.40. The Bertz CT molecular complexity index is 1370. The van der Waals surface area contributed by atoms with E-state index in [0.29, 0.717) is 53.6 Å². The van der Waals surface area contributed by atoms with Crippen molar-refractivity contribution in [2.45, 2.75) is 38.7 Å². The Labute approximate surface area is 201 Å². The zero-order chi connectivity index (χ0) is 24.0. The summed E-state index contributed by atoms with van der Waals surface area (Å²) in [4.78, 5) is 38.9. The van der Waals surface area contributed by atoms with Crippen molar-refractivity contribution in [3.8, 4) is 11.5 Å². The molecule has 0 atom stereocenters. The lowest BCUT2D eigenvalue weighted by atomic mass is 9.82. The van der Waals surface area contributed by atoms with Gasteiger partial charge in [-0.05, 0) is 49.2 Å². The highest BCUT2D eigenvalue weighted by atomic mass is 35.5. The van der Waals surface area contributed by atoms with Crippen molar-refractivity contribution in [3.05, 3.63) is 68.5 Å². The average Bonchev–Trinajstić information content (AvgIpc) is 2.79. The molecule has 1 fully saturated rings. The zero-order valence-electron chi connectivity index (χ0n) is 19.0. The Hall–Kier alpha value is -3.32. The first-order chi connectivity index (χ1) is 16.2. The van der Waals surface area contributed by atoms with Gasteiger partial charge in [-0.25, -0.2) is 4.79 Å². The quantitative estimate of drug-likeness (QED) is 0.513. The van der Waals surface area contributed by atoms with Gasteiger partial charge in [0, 0.05) is 48.5 Å². The van der Waals surface area contributed by atoms with Crippen LogP contribution in [0.1, 0.15) is 40.7 Å². The Morgan fingerprint density at radius 2 is 1.85 bits per heavy atom. The van der Waals surface area contributed by atoms with Gasteiger partial charge in [0.05, 0.1) is 12.0 Å². The molecule has 1 saturated heterocycles. The summed E-state index contributed by atoms with van der Waals surface area (Å²) in [6, 6.07) is 10.1. The number of fused-ring (bicyclic) bond motifs is 2. The molecular weight excluding hydrogens is 458 g/mol. The van der Waals surface area contributed by atoms with Crippen LogP contribution in [0.2, 0.25) is 5.02 Å². The number of likely N-dealkylation sites (tertiary alicyclic amines) is 1. The summed E-state index contributed by atoms with van der Waals surface area (Å²) in [7, 11) is 0. The fourth-order valence-electron chi connectivity index (χ4n) is 4.69. The number of ketones is 1. The molecule has 2 aliphatic heterocycles. The molecule has 1 amide bonds. The molecule has 2 aliphatic rings. The second-order valence-electron chi connectivity index (χ2n) is 9.06. The van der Waals surface area contributed by atoms with Crippen molar-refractivity contribution >= 4 is 34.3 Å². The van der Waals surface area contributed by atoms with Gasteiger partial charge in [-0.3, -0.25) is 9.59 Å². The molecular formula is C26H24ClNO6. The second kappa shape index (κ2) is 8.47. The minimum atomic E-state index is -0.601. The minimum Gasteiger partial charge on any atom is -0.486 e. The van der Waals surface area contributed by atoms with E-state index in [2.05, 4.69) is 0 Å². The van der Waals surface area contributed by atoms with Crippen LogP contribution in [-0.2, 0) is 4.79 Å². The van der Waals surface area contributed by atoms with Gasteiger partial charge >= 0.3 is 5.63 Å². The maximum Gasteiger partial charge on any atom is 0.336 e. The number of benzene rings is 2. The van der Waals surface area contributed by atoms with Crippen LogP contribution >= 0.6 is 11.6 Å². The Morgan fingerprint density at radius 3 is 2.62 bits per heavy atom. The first kappa shape index (κ1) is 22.5. The summed E-state index contributed by atoms with van der Waals surface area (Å²) < 4.78 is 17.2. The summed E-state index contributed by atoms with van der Waals surface area (Å²) in [5.41, 5.74) is 1.60. The summed E-state index contributed by atoms with van der Waals surface area (Å²) in [5.74, 6) is 0.893. The number of halogens is 1. The number of hydrogen-bond acceptors (Lipinski definition) is 6. The van der Waals surface area contributed by atoms with E-state index in [4.69, 9.17) is 25.5 Å². The smallest absolute Gasteiger partial charge is 0.336 e. The molecule has 34 heavy (non-hydrogen) atoms. The first-order valence-corrected chi connectivity index (χ1v) is 11.6. The van der Waals surface area contributed by atoms with E-state index in [9.17, 15) is 14.4 Å². The third-order valence-corrected chi connectivity index (χ3v) is 7.09. The fourth-order valence-corrected chi connectivity index (χ4v) is 4.85. The summed E-state index contributed by atoms with van der Waals surface area (Å²) in [6.45, 7) is 4.54. The van der Waals surface area contributed by atoms with Crippen LogP contribution in [0.15, 0.2) is 45.6 Å². The number of aryl methyl sites for hydroxylation is 2. The number of Topliss-reactive ketones (excluding diaryl/α,β-unsaturated/α-hetero) is 1. The molecule has 3 heterocycles. The molecule has 0 aliphatic carbocycles. The van der Waals surface area contributed by atoms with Gasteiger partial charge in [0.1, 0.15) is 22.7 Å². The zero-order valence-corrected chi connectivity index (χ0v) is 19.7. The number of hydrogen-bond donors (Lipinski definition) is 0. The Balaban J connectivity index is 1.22. The van der Waals surface area contributed by atoms with Gasteiger partial charge in [0.25, 0.3) is 5.91 Å². The number of rotatable bonds is 3. The van der Waals surface area contributed by atoms with Gasteiger partial charge in [0.2, 0.25) is 0 Å². The molecule has 0 unspecified atom stereocenters. The molecule has 0 saturated carbocycles. The van der Waals surface area contributed by atoms with E-state index in [0.717, 1.165) is 16.5 Å². The molecule has 0 bridgehead atoms. The molecule has 176 valence electrons. The molecule has 0 N–H and O–H groups in total. The van der Waals surface area contributed by atoms with E-state index < -0.39 is 11.2 Å². The molecule has 8 heteroatoms. The van der Waals surface area contributed by atoms with Crippen LogP contribution in [0.25, 0.3) is 11.0 Å². The minimum absolute atomic E-state index is 0.0180. The van der Waals surface area contributed by atoms with Crippen molar-refractivity contribution in [1.82, 2.24) is 4.90 Å². The van der Waals surface area contributed by atoms with Crippen LogP contribution in [0.4, 0.5) is 0 Å². The van der Waals surface area contributed by atoms with Crippen LogP contribution in [0.5, 0.6) is 11.5 Å². The highest BCUT2D eigenvalue weighted by Gasteiger charge is 2.43. The topological polar surface area (TPSA) is 86.0 Å². The predicted octanol–water partition coefficient (Wildman–Crippen LogP) is 4.47. The van der Waals surface area contributed by atoms with Gasteiger partial charge in [-0.15, -0.1) is 0 Å². The van der Waals surface area contributed by atoms with E-state index in [1.54, 1.807) is 23.1 Å². The predicted molar refractivity (Wildman–Crippen MR) is 127 cm³/mol. The largest absolute Gasteiger partial charge is 0.486 e. The molecule has 2 aromatic carbocycles. The normalized spacial score (nSPS) is 16.9. The average molecular weight is 482 g/mol. The molecule has 1 aromatic heterocycles. The van der Waals surface area contributed by atoms with Gasteiger partial charge < -0.3 is 18.8 Å². The number of amides is 1. The monoisotopic (exact) mass is 481 g/mol. The molecule has 5 rings (SSSR count). The Morgan fingerprint density at radius 1 is 1.09 bits per heavy atom. The number of ether oxygens (including phenoxy) is 2. The second-order valence-corrected chi connectivity index (χ2v) is 9.47. The van der Waals surface area contributed by atoms with Crippen molar-refractivity contribution in [2.24, 2.45) is 0 Å². The SMILES string of the molecule is Cc1cc2c(cc1Cl)C(=O)CC1(CCN(C(=O)COc3ccc4c(C)cc(=O)oc4c3)CC1)O2. The third-order valence-electron chi connectivity index (χ3n) is 6.68. The number of piperidine rings is 1. The van der Waals surface area contributed by atoms with Gasteiger partial charge in [-0.1, -0.05) is 11.6 Å². The van der Waals surface area contributed by atoms with Crippen molar-refractivity contribution in [3.63, 3.8) is 0 Å². The molecule has 7 nitrogen and oxygen atoms in total. The van der Waals surface area contributed by atoms with Crippen molar-refractivity contribution in [1.29, 1.82) is 0 Å². The first-order valence-electron chi connectivity index (χ1n) is 11.2. The maximum atomic E-state index is 12.8. The Kier molecular flexibility index (Phi) is 5.60. The molecule has 3 aromatic rings. The van der Waals surface area contributed by atoms with Crippen LogP contribution < -0.4 is 15.1 Å². The van der Waals surface area contributed by atoms with Crippen molar-refractivity contribution in [2.75, 3.05) is 19.7 Å². The van der Waals surface area contributed by atoms with Crippen LogP contribution in [0.3, 0.4) is 0 Å². The highest BCUT2D eigenvalue weighted by Crippen LogP contribution is 2.41. The summed E-state index contributed by atoms with van der Waals surface area (Å²) >= 11 is 6.18. The van der Waals surface area contributed by atoms with E-state index >= 15 is 0 Å². The third kappa shape index (κ3) is 4.16. The lowest BCUT2D eigenvalue weighted by Gasteiger charge is -2.44. The van der Waals surface area contributed by atoms with E-state index in [1.807, 2.05) is 26.0 Å². The fraction of sp³-hybridized carbons (Fsp3) is 0.346. The lowest BCUT2D eigenvalue weighted by molar-refractivity contribution is -0.136. The maximum absolute atomic E-state index is 12.8. The van der Waals surface area contributed by atoms with Crippen LogP contribution in [0, 0.1) is 13.8 Å². The van der Waals surface area contributed by atoms with E-state index in [1.165, 1.54) is 6.07 Å². The van der Waals surface area contributed by atoms with Crippen molar-refractivity contribution < 1.29 is 23.5 Å². The molecule has 0 radical (unpaired) electrons. The lowest BCUT2D eigenvalue weighted by Crippen LogP contribution is -2.53. The molecule has 1 spiro atoms. The van der Waals surface area contributed by atoms with Crippen LogP contribution in [-0.4, -0.2) is 41.9 Å². The number of carbonyl (C=O) groups is 2. The number of nitrogens with zero attached hydrogens (tertiary/aromatic N) is 1. The van der Waals surface area contributed by atoms with E-state index in [-0.39, 0.29) is 24.7 Å². The highest BCUT2D eigenvalue weighted by molar-refractivity contribution is 6.31.